The highest BCUT2D eigenvalue weighted by molar-refractivity contribution is 7.99. The van der Waals surface area contributed by atoms with E-state index in [9.17, 15) is 9.59 Å². The number of carbonyl (C=O) groups excluding carboxylic acids is 2. The molecule has 3 N–H and O–H groups in total. The van der Waals surface area contributed by atoms with E-state index in [0.717, 1.165) is 0 Å². The van der Waals surface area contributed by atoms with Gasteiger partial charge < -0.3 is 10.4 Å². The fourth-order valence-electron chi connectivity index (χ4n) is 0.703. The van der Waals surface area contributed by atoms with Gasteiger partial charge in [0.2, 0.25) is 5.91 Å². The molecule has 0 aromatic heterocycles. The Kier molecular flexibility index (Phi) is 8.90. The van der Waals surface area contributed by atoms with Gasteiger partial charge in [-0.05, 0) is 12.2 Å². The molecule has 86 valence electrons. The Hall–Kier alpha value is -1.01. The Morgan fingerprint density at radius 2 is 2.20 bits per heavy atom. The Morgan fingerprint density at radius 3 is 2.80 bits per heavy atom. The third kappa shape index (κ3) is 9.30. The Balaban J connectivity index is 3.46. The average Bonchev–Trinajstić information content (AvgIpc) is 2.21. The smallest absolute Gasteiger partial charge is 0.321 e. The Labute approximate surface area is 93.3 Å². The lowest BCUT2D eigenvalue weighted by Crippen LogP contribution is -2.40. The van der Waals surface area contributed by atoms with Gasteiger partial charge in [-0.3, -0.25) is 10.1 Å². The molecule has 0 aliphatic rings. The SMILES string of the molecule is C=CCNC(=O)NC(=O)CSCCCO. The van der Waals surface area contributed by atoms with Gasteiger partial charge in [-0.25, -0.2) is 4.79 Å². The first-order chi connectivity index (χ1) is 7.20. The number of rotatable bonds is 7. The second-order valence-corrected chi connectivity index (χ2v) is 3.78. The highest BCUT2D eigenvalue weighted by Gasteiger charge is 2.05. The second kappa shape index (κ2) is 9.54. The number of hydrogen-bond donors (Lipinski definition) is 3. The summed E-state index contributed by atoms with van der Waals surface area (Å²) in [7, 11) is 0. The predicted molar refractivity (Wildman–Crippen MR) is 60.8 cm³/mol. The van der Waals surface area contributed by atoms with Gasteiger partial charge in [-0.1, -0.05) is 6.08 Å². The van der Waals surface area contributed by atoms with Crippen LogP contribution < -0.4 is 10.6 Å². The molecule has 0 fully saturated rings. The lowest BCUT2D eigenvalue weighted by molar-refractivity contribution is -0.117. The van der Waals surface area contributed by atoms with Crippen LogP contribution in [-0.4, -0.2) is 41.7 Å². The number of imide groups is 1. The molecule has 0 spiro atoms. The van der Waals surface area contributed by atoms with Crippen molar-refractivity contribution in [1.29, 1.82) is 0 Å². The van der Waals surface area contributed by atoms with Crippen LogP contribution in [0.15, 0.2) is 12.7 Å². The lowest BCUT2D eigenvalue weighted by Gasteiger charge is -2.04. The molecule has 0 aromatic carbocycles. The number of aliphatic hydroxyl groups excluding tert-OH is 1. The van der Waals surface area contributed by atoms with E-state index >= 15 is 0 Å². The summed E-state index contributed by atoms with van der Waals surface area (Å²) >= 11 is 1.38. The van der Waals surface area contributed by atoms with Crippen LogP contribution in [0.5, 0.6) is 0 Å². The molecule has 0 aliphatic heterocycles. The maximum atomic E-state index is 11.1. The van der Waals surface area contributed by atoms with Crippen LogP contribution in [0.4, 0.5) is 4.79 Å². The first-order valence-corrected chi connectivity index (χ1v) is 5.73. The van der Waals surface area contributed by atoms with Gasteiger partial charge in [0.25, 0.3) is 0 Å². The van der Waals surface area contributed by atoms with Crippen LogP contribution in [0.3, 0.4) is 0 Å². The van der Waals surface area contributed by atoms with E-state index in [1.54, 1.807) is 0 Å². The molecule has 15 heavy (non-hydrogen) atoms. The zero-order chi connectivity index (χ0) is 11.5. The van der Waals surface area contributed by atoms with Crippen LogP contribution in [-0.2, 0) is 4.79 Å². The van der Waals surface area contributed by atoms with Crippen molar-refractivity contribution in [3.05, 3.63) is 12.7 Å². The van der Waals surface area contributed by atoms with E-state index < -0.39 is 6.03 Å². The highest BCUT2D eigenvalue weighted by Crippen LogP contribution is 2.00. The summed E-state index contributed by atoms with van der Waals surface area (Å²) in [5, 5.41) is 13.1. The molecule has 0 saturated heterocycles. The highest BCUT2D eigenvalue weighted by atomic mass is 32.2. The standard InChI is InChI=1S/C9H16N2O3S/c1-2-4-10-9(14)11-8(13)7-15-6-3-5-12/h2,12H,1,3-7H2,(H2,10,11,13,14). The second-order valence-electron chi connectivity index (χ2n) is 2.68. The van der Waals surface area contributed by atoms with E-state index in [-0.39, 0.29) is 18.3 Å². The summed E-state index contributed by atoms with van der Waals surface area (Å²) in [6.07, 6.45) is 2.18. The van der Waals surface area contributed by atoms with Crippen molar-refractivity contribution in [1.82, 2.24) is 10.6 Å². The first-order valence-electron chi connectivity index (χ1n) is 4.58. The van der Waals surface area contributed by atoms with Crippen molar-refractivity contribution in [2.45, 2.75) is 6.42 Å². The van der Waals surface area contributed by atoms with Crippen molar-refractivity contribution in [2.24, 2.45) is 0 Å². The van der Waals surface area contributed by atoms with Gasteiger partial charge in [0.05, 0.1) is 5.75 Å². The van der Waals surface area contributed by atoms with Gasteiger partial charge in [-0.15, -0.1) is 6.58 Å². The van der Waals surface area contributed by atoms with Crippen LogP contribution in [0, 0.1) is 0 Å². The van der Waals surface area contributed by atoms with Gasteiger partial charge in [0, 0.05) is 13.2 Å². The minimum absolute atomic E-state index is 0.119. The fourth-order valence-corrected chi connectivity index (χ4v) is 1.44. The molecule has 0 atom stereocenters. The number of aliphatic hydroxyl groups is 1. The summed E-state index contributed by atoms with van der Waals surface area (Å²) in [4.78, 5) is 22.1. The molecule has 5 nitrogen and oxygen atoms in total. The largest absolute Gasteiger partial charge is 0.396 e. The van der Waals surface area contributed by atoms with E-state index in [2.05, 4.69) is 17.2 Å². The third-order valence-corrected chi connectivity index (χ3v) is 2.38. The zero-order valence-electron chi connectivity index (χ0n) is 8.49. The monoisotopic (exact) mass is 232 g/mol. The summed E-state index contributed by atoms with van der Waals surface area (Å²) in [6.45, 7) is 3.88. The fraction of sp³-hybridized carbons (Fsp3) is 0.556. The number of hydrogen-bond acceptors (Lipinski definition) is 4. The third-order valence-electron chi connectivity index (χ3n) is 1.34. The van der Waals surface area contributed by atoms with Crippen LogP contribution in [0.1, 0.15) is 6.42 Å². The van der Waals surface area contributed by atoms with E-state index in [4.69, 9.17) is 5.11 Å². The summed E-state index contributed by atoms with van der Waals surface area (Å²) < 4.78 is 0. The molecule has 0 heterocycles. The zero-order valence-corrected chi connectivity index (χ0v) is 9.31. The van der Waals surface area contributed by atoms with Gasteiger partial charge in [-0.2, -0.15) is 11.8 Å². The van der Waals surface area contributed by atoms with E-state index in [1.165, 1.54) is 17.8 Å². The quantitative estimate of drug-likeness (QED) is 0.430. The maximum Gasteiger partial charge on any atom is 0.321 e. The van der Waals surface area contributed by atoms with Gasteiger partial charge >= 0.3 is 6.03 Å². The van der Waals surface area contributed by atoms with Crippen molar-refractivity contribution >= 4 is 23.7 Å². The summed E-state index contributed by atoms with van der Waals surface area (Å²) in [5.74, 6) is 0.596. The minimum atomic E-state index is -0.511. The summed E-state index contributed by atoms with van der Waals surface area (Å²) in [6, 6.07) is -0.511. The molecule has 3 amide bonds. The van der Waals surface area contributed by atoms with E-state index in [0.29, 0.717) is 18.7 Å². The molecule has 0 unspecified atom stereocenters. The number of carbonyl (C=O) groups is 2. The van der Waals surface area contributed by atoms with Crippen LogP contribution in [0.2, 0.25) is 0 Å². The summed E-state index contributed by atoms with van der Waals surface area (Å²) in [5.41, 5.74) is 0. The number of thioether (sulfide) groups is 1. The Bertz CT molecular complexity index is 221. The van der Waals surface area contributed by atoms with E-state index in [1.807, 2.05) is 0 Å². The maximum absolute atomic E-state index is 11.1. The molecule has 6 heteroatoms. The topological polar surface area (TPSA) is 78.4 Å². The van der Waals surface area contributed by atoms with Gasteiger partial charge in [0.1, 0.15) is 0 Å². The normalized spacial score (nSPS) is 9.40. The minimum Gasteiger partial charge on any atom is -0.396 e. The molecule has 0 bridgehead atoms. The van der Waals surface area contributed by atoms with Crippen LogP contribution >= 0.6 is 11.8 Å². The molecular weight excluding hydrogens is 216 g/mol. The number of urea groups is 1. The van der Waals surface area contributed by atoms with Crippen molar-refractivity contribution in [3.8, 4) is 0 Å². The average molecular weight is 232 g/mol. The van der Waals surface area contributed by atoms with Crippen molar-refractivity contribution in [2.75, 3.05) is 24.7 Å². The lowest BCUT2D eigenvalue weighted by atomic mass is 10.5. The van der Waals surface area contributed by atoms with Crippen LogP contribution in [0.25, 0.3) is 0 Å². The molecule has 0 radical (unpaired) electrons. The number of nitrogens with one attached hydrogen (secondary N) is 2. The molecule has 0 saturated carbocycles. The molecule has 0 aromatic rings. The van der Waals surface area contributed by atoms with Crippen molar-refractivity contribution < 1.29 is 14.7 Å². The molecular formula is C9H16N2O3S. The Morgan fingerprint density at radius 1 is 1.47 bits per heavy atom. The molecule has 0 aliphatic carbocycles. The first kappa shape index (κ1) is 14.0. The molecule has 0 rings (SSSR count). The van der Waals surface area contributed by atoms with Gasteiger partial charge in [0.15, 0.2) is 0 Å². The van der Waals surface area contributed by atoms with Crippen molar-refractivity contribution in [3.63, 3.8) is 0 Å². The predicted octanol–water partition coefficient (Wildman–Crippen LogP) is 0.114. The number of amides is 3.